The summed E-state index contributed by atoms with van der Waals surface area (Å²) in [5.41, 5.74) is 1.27. The first kappa shape index (κ1) is 22.5. The van der Waals surface area contributed by atoms with Crippen molar-refractivity contribution in [2.24, 2.45) is 5.92 Å². The third-order valence-corrected chi connectivity index (χ3v) is 4.85. The van der Waals surface area contributed by atoms with Crippen LogP contribution >= 0.6 is 0 Å². The van der Waals surface area contributed by atoms with E-state index in [0.717, 1.165) is 12.0 Å². The van der Waals surface area contributed by atoms with Crippen molar-refractivity contribution in [3.8, 4) is 17.2 Å². The van der Waals surface area contributed by atoms with E-state index >= 15 is 0 Å². The smallest absolute Gasteiger partial charge is 0.338 e. The Balaban J connectivity index is 1.59. The van der Waals surface area contributed by atoms with Crippen LogP contribution in [0.2, 0.25) is 0 Å². The van der Waals surface area contributed by atoms with E-state index in [9.17, 15) is 9.59 Å². The SMILES string of the molecule is CCOc1ccc(C(=O)OCC(=O)N[C@H](c2ccc3c(c2)OCCCO3)C(C)C)cc1. The molecule has 31 heavy (non-hydrogen) atoms. The number of carbonyl (C=O) groups is 2. The van der Waals surface area contributed by atoms with Gasteiger partial charge in [0.05, 0.1) is 31.4 Å². The van der Waals surface area contributed by atoms with Crippen molar-refractivity contribution < 1.29 is 28.5 Å². The van der Waals surface area contributed by atoms with Crippen molar-refractivity contribution in [2.45, 2.75) is 33.2 Å². The van der Waals surface area contributed by atoms with Gasteiger partial charge >= 0.3 is 5.97 Å². The molecule has 3 rings (SSSR count). The lowest BCUT2D eigenvalue weighted by molar-refractivity contribution is -0.125. The van der Waals surface area contributed by atoms with Crippen molar-refractivity contribution in [3.05, 3.63) is 53.6 Å². The molecule has 7 heteroatoms. The molecular formula is C24H29NO6. The number of rotatable bonds is 8. The molecule has 0 radical (unpaired) electrons. The fourth-order valence-electron chi connectivity index (χ4n) is 3.29. The Kier molecular flexibility index (Phi) is 7.76. The van der Waals surface area contributed by atoms with E-state index in [4.69, 9.17) is 18.9 Å². The maximum Gasteiger partial charge on any atom is 0.338 e. The van der Waals surface area contributed by atoms with E-state index < -0.39 is 5.97 Å². The van der Waals surface area contributed by atoms with Gasteiger partial charge in [0.1, 0.15) is 5.75 Å². The molecule has 2 aromatic carbocycles. The molecule has 1 amide bonds. The first-order valence-corrected chi connectivity index (χ1v) is 10.6. The van der Waals surface area contributed by atoms with Gasteiger partial charge in [-0.15, -0.1) is 0 Å². The van der Waals surface area contributed by atoms with Gasteiger partial charge in [-0.1, -0.05) is 19.9 Å². The highest BCUT2D eigenvalue weighted by Crippen LogP contribution is 2.34. The number of hydrogen-bond donors (Lipinski definition) is 1. The molecule has 1 aliphatic rings. The lowest BCUT2D eigenvalue weighted by Gasteiger charge is -2.24. The fourth-order valence-corrected chi connectivity index (χ4v) is 3.29. The van der Waals surface area contributed by atoms with E-state index in [1.54, 1.807) is 24.3 Å². The van der Waals surface area contributed by atoms with Gasteiger partial charge in [0.2, 0.25) is 0 Å². The second kappa shape index (κ2) is 10.7. The van der Waals surface area contributed by atoms with Gasteiger partial charge in [0, 0.05) is 6.42 Å². The average Bonchev–Trinajstić information content (AvgIpc) is 3.01. The molecule has 0 saturated carbocycles. The van der Waals surface area contributed by atoms with Crippen LogP contribution in [0.5, 0.6) is 17.2 Å². The van der Waals surface area contributed by atoms with Crippen molar-refractivity contribution in [3.63, 3.8) is 0 Å². The number of nitrogens with one attached hydrogen (secondary N) is 1. The molecule has 7 nitrogen and oxygen atoms in total. The summed E-state index contributed by atoms with van der Waals surface area (Å²) in [6, 6.07) is 12.0. The molecular weight excluding hydrogens is 398 g/mol. The lowest BCUT2D eigenvalue weighted by Crippen LogP contribution is -2.35. The topological polar surface area (TPSA) is 83.1 Å². The van der Waals surface area contributed by atoms with E-state index in [-0.39, 0.29) is 24.5 Å². The van der Waals surface area contributed by atoms with Crippen molar-refractivity contribution in [1.29, 1.82) is 0 Å². The minimum absolute atomic E-state index is 0.121. The summed E-state index contributed by atoms with van der Waals surface area (Å²) in [5.74, 6) is 1.25. The predicted octanol–water partition coefficient (Wildman–Crippen LogP) is 3.92. The minimum Gasteiger partial charge on any atom is -0.494 e. The first-order chi connectivity index (χ1) is 15.0. The van der Waals surface area contributed by atoms with Gasteiger partial charge < -0.3 is 24.3 Å². The van der Waals surface area contributed by atoms with Crippen LogP contribution in [0.4, 0.5) is 0 Å². The Bertz CT molecular complexity index is 893. The van der Waals surface area contributed by atoms with Gasteiger partial charge in [-0.2, -0.15) is 0 Å². The Morgan fingerprint density at radius 3 is 2.42 bits per heavy atom. The standard InChI is InChI=1S/C24H29NO6/c1-4-28-19-9-6-17(7-10-19)24(27)31-15-22(26)25-23(16(2)3)18-8-11-20-21(14-18)30-13-5-12-29-20/h6-11,14,16,23H,4-5,12-13,15H2,1-3H3,(H,25,26)/t23-/m0/s1. The van der Waals surface area contributed by atoms with E-state index in [2.05, 4.69) is 5.32 Å². The van der Waals surface area contributed by atoms with Gasteiger partial charge in [-0.05, 0) is 54.8 Å². The molecule has 0 fully saturated rings. The summed E-state index contributed by atoms with van der Waals surface area (Å²) in [4.78, 5) is 24.7. The molecule has 0 spiro atoms. The number of ether oxygens (including phenoxy) is 4. The second-order valence-electron chi connectivity index (χ2n) is 7.58. The third kappa shape index (κ3) is 6.13. The minimum atomic E-state index is -0.560. The van der Waals surface area contributed by atoms with Crippen LogP contribution in [0.25, 0.3) is 0 Å². The highest BCUT2D eigenvalue weighted by atomic mass is 16.5. The summed E-state index contributed by atoms with van der Waals surface area (Å²) in [6.45, 7) is 7.31. The second-order valence-corrected chi connectivity index (χ2v) is 7.58. The molecule has 1 N–H and O–H groups in total. The zero-order valence-corrected chi connectivity index (χ0v) is 18.2. The van der Waals surface area contributed by atoms with Crippen LogP contribution < -0.4 is 19.5 Å². The van der Waals surface area contributed by atoms with Gasteiger partial charge in [0.25, 0.3) is 5.91 Å². The summed E-state index contributed by atoms with van der Waals surface area (Å²) in [6.07, 6.45) is 0.827. The molecule has 0 aliphatic carbocycles. The maximum atomic E-state index is 12.5. The van der Waals surface area contributed by atoms with Crippen LogP contribution in [-0.2, 0) is 9.53 Å². The molecule has 2 aromatic rings. The Hall–Kier alpha value is -3.22. The number of carbonyl (C=O) groups excluding carboxylic acids is 2. The Labute approximate surface area is 182 Å². The summed E-state index contributed by atoms with van der Waals surface area (Å²) < 4.78 is 22.0. The molecule has 0 saturated heterocycles. The zero-order chi connectivity index (χ0) is 22.2. The maximum absolute atomic E-state index is 12.5. The van der Waals surface area contributed by atoms with Gasteiger partial charge in [-0.3, -0.25) is 4.79 Å². The summed E-state index contributed by atoms with van der Waals surface area (Å²) in [7, 11) is 0. The number of hydrogen-bond acceptors (Lipinski definition) is 6. The van der Waals surface area contributed by atoms with Crippen LogP contribution in [0.3, 0.4) is 0 Å². The van der Waals surface area contributed by atoms with E-state index in [0.29, 0.717) is 42.6 Å². The fraction of sp³-hybridized carbons (Fsp3) is 0.417. The predicted molar refractivity (Wildman–Crippen MR) is 116 cm³/mol. The van der Waals surface area contributed by atoms with Crippen molar-refractivity contribution in [1.82, 2.24) is 5.32 Å². The molecule has 1 heterocycles. The average molecular weight is 427 g/mol. The third-order valence-electron chi connectivity index (χ3n) is 4.85. The van der Waals surface area contributed by atoms with E-state index in [1.807, 2.05) is 39.0 Å². The lowest BCUT2D eigenvalue weighted by atomic mass is 9.95. The normalized spacial score (nSPS) is 13.8. The molecule has 1 aliphatic heterocycles. The van der Waals surface area contributed by atoms with Crippen molar-refractivity contribution in [2.75, 3.05) is 26.4 Å². The number of fused-ring (bicyclic) bond motifs is 1. The van der Waals surface area contributed by atoms with E-state index in [1.165, 1.54) is 0 Å². The number of benzene rings is 2. The number of amides is 1. The van der Waals surface area contributed by atoms with Crippen LogP contribution in [0.15, 0.2) is 42.5 Å². The highest BCUT2D eigenvalue weighted by Gasteiger charge is 2.22. The highest BCUT2D eigenvalue weighted by molar-refractivity contribution is 5.91. The molecule has 166 valence electrons. The van der Waals surface area contributed by atoms with Crippen LogP contribution in [-0.4, -0.2) is 38.3 Å². The van der Waals surface area contributed by atoms with Gasteiger partial charge in [0.15, 0.2) is 18.1 Å². The quantitative estimate of drug-likeness (QED) is 0.643. The van der Waals surface area contributed by atoms with Crippen LogP contribution in [0, 0.1) is 5.92 Å². The first-order valence-electron chi connectivity index (χ1n) is 10.6. The monoisotopic (exact) mass is 427 g/mol. The van der Waals surface area contributed by atoms with Gasteiger partial charge in [-0.25, -0.2) is 4.79 Å². The summed E-state index contributed by atoms with van der Waals surface area (Å²) >= 11 is 0. The molecule has 0 aromatic heterocycles. The molecule has 1 atom stereocenters. The van der Waals surface area contributed by atoms with Crippen molar-refractivity contribution >= 4 is 11.9 Å². The Morgan fingerprint density at radius 2 is 1.74 bits per heavy atom. The summed E-state index contributed by atoms with van der Waals surface area (Å²) in [5, 5.41) is 2.96. The Morgan fingerprint density at radius 1 is 1.03 bits per heavy atom. The zero-order valence-electron chi connectivity index (χ0n) is 18.2. The van der Waals surface area contributed by atoms with Crippen LogP contribution in [0.1, 0.15) is 49.2 Å². The molecule has 0 unspecified atom stereocenters. The molecule has 0 bridgehead atoms. The largest absolute Gasteiger partial charge is 0.494 e. The number of esters is 1.